The van der Waals surface area contributed by atoms with Crippen LogP contribution in [0, 0.1) is 5.82 Å². The number of benzene rings is 1. The summed E-state index contributed by atoms with van der Waals surface area (Å²) in [6.07, 6.45) is 4.39. The van der Waals surface area contributed by atoms with Crippen molar-refractivity contribution < 1.29 is 28.9 Å². The molecule has 1 aliphatic heterocycles. The Kier molecular flexibility index (Phi) is 12.2. The van der Waals surface area contributed by atoms with E-state index in [-0.39, 0.29) is 35.9 Å². The number of amides is 2. The molecule has 1 aromatic carbocycles. The second-order valence-electron chi connectivity index (χ2n) is 8.31. The number of hydrogen-bond acceptors (Lipinski definition) is 8. The van der Waals surface area contributed by atoms with Crippen LogP contribution in [0.25, 0.3) is 0 Å². The molecule has 6 N–H and O–H groups in total. The predicted octanol–water partition coefficient (Wildman–Crippen LogP) is 1.62. The van der Waals surface area contributed by atoms with E-state index in [0.29, 0.717) is 6.41 Å². The van der Waals surface area contributed by atoms with Gasteiger partial charge in [0.1, 0.15) is 23.0 Å². The lowest BCUT2D eigenvalue weighted by Gasteiger charge is -2.28. The number of ether oxygens (including phenoxy) is 1. The second kappa shape index (κ2) is 14.6. The van der Waals surface area contributed by atoms with Crippen molar-refractivity contribution in [3.8, 4) is 0 Å². The van der Waals surface area contributed by atoms with E-state index in [1.807, 2.05) is 14.1 Å². The summed E-state index contributed by atoms with van der Waals surface area (Å²) in [5.41, 5.74) is 5.79. The molecule has 36 heavy (non-hydrogen) atoms. The lowest BCUT2D eigenvalue weighted by molar-refractivity contribution is -0.121. The first kappa shape index (κ1) is 30.2. The van der Waals surface area contributed by atoms with Gasteiger partial charge in [0, 0.05) is 12.1 Å². The van der Waals surface area contributed by atoms with Crippen LogP contribution < -0.4 is 16.4 Å². The smallest absolute Gasteiger partial charge is 0.288 e. The lowest BCUT2D eigenvalue weighted by Crippen LogP contribution is -2.46. The normalized spacial score (nSPS) is 16.3. The van der Waals surface area contributed by atoms with Crippen LogP contribution in [0.2, 0.25) is 0 Å². The van der Waals surface area contributed by atoms with Crippen LogP contribution in [-0.4, -0.2) is 66.9 Å². The Hall–Kier alpha value is -3.80. The molecule has 1 heterocycles. The Morgan fingerprint density at radius 2 is 1.92 bits per heavy atom. The fraction of sp³-hybridized carbons (Fsp3) is 0.320. The summed E-state index contributed by atoms with van der Waals surface area (Å²) in [5, 5.41) is 24.8. The molecule has 0 aromatic heterocycles. The van der Waals surface area contributed by atoms with Gasteiger partial charge in [0.15, 0.2) is 5.76 Å². The van der Waals surface area contributed by atoms with Crippen molar-refractivity contribution >= 4 is 19.0 Å². The minimum atomic E-state index is -0.678. The lowest BCUT2D eigenvalue weighted by atomic mass is 10.1. The first-order valence-corrected chi connectivity index (χ1v) is 11.0. The van der Waals surface area contributed by atoms with E-state index < -0.39 is 29.6 Å². The molecular weight excluding hydrogens is 469 g/mol. The molecule has 0 fully saturated rings. The second-order valence-corrected chi connectivity index (χ2v) is 8.31. The SMILES string of the molecule is C=NC(/C(O)=C/CO)=C1\C(=C\Cc2ccc(F)cc2)OC(C(=O)NCC(C)(C)N)=CN1C=O.CNC. The maximum absolute atomic E-state index is 13.2. The van der Waals surface area contributed by atoms with Gasteiger partial charge in [-0.2, -0.15) is 0 Å². The number of aliphatic imine (C=N–C) groups is 1. The number of hydrogen-bond donors (Lipinski definition) is 5. The van der Waals surface area contributed by atoms with Crippen LogP contribution >= 0.6 is 0 Å². The Bertz CT molecular complexity index is 1040. The highest BCUT2D eigenvalue weighted by atomic mass is 19.1. The number of allylic oxidation sites excluding steroid dienone is 1. The largest absolute Gasteiger partial charge is 0.506 e. The number of rotatable bonds is 9. The van der Waals surface area contributed by atoms with Gasteiger partial charge in [0.05, 0.1) is 12.8 Å². The molecule has 0 bridgehead atoms. The van der Waals surface area contributed by atoms with E-state index in [4.69, 9.17) is 15.6 Å². The van der Waals surface area contributed by atoms with Crippen LogP contribution in [0.5, 0.6) is 0 Å². The molecule has 0 saturated carbocycles. The van der Waals surface area contributed by atoms with Crippen molar-refractivity contribution in [2.75, 3.05) is 27.2 Å². The molecule has 0 spiro atoms. The maximum atomic E-state index is 13.2. The van der Waals surface area contributed by atoms with Gasteiger partial charge in [-0.1, -0.05) is 12.1 Å². The summed E-state index contributed by atoms with van der Waals surface area (Å²) in [6, 6.07) is 5.73. The monoisotopic (exact) mass is 503 g/mol. The highest BCUT2D eigenvalue weighted by Crippen LogP contribution is 2.31. The standard InChI is InChI=1S/C23H27FN4O5.C2H7N/c1-23(2,25)13-27-22(32)19-12-28(14-30)21(20(26-3)17(31)10-11-29)18(33-19)9-6-15-4-7-16(24)8-5-15;1-3-2/h4-5,7-10,12,14,29,31H,3,6,11,13,25H2,1-2H3,(H,27,32);3H,1-2H3/b17-10-,18-9-,21-20+;. The molecular formula is C25H34FN5O5. The first-order chi connectivity index (χ1) is 17.0. The Balaban J connectivity index is 0.00000205. The number of carbonyl (C=O) groups excluding carboxylic acids is 2. The zero-order chi connectivity index (χ0) is 27.3. The van der Waals surface area contributed by atoms with Crippen LogP contribution in [0.4, 0.5) is 4.39 Å². The number of carbonyl (C=O) groups is 2. The van der Waals surface area contributed by atoms with E-state index in [0.717, 1.165) is 22.7 Å². The zero-order valence-corrected chi connectivity index (χ0v) is 20.9. The average molecular weight is 504 g/mol. The van der Waals surface area contributed by atoms with Gasteiger partial charge in [0.2, 0.25) is 12.2 Å². The van der Waals surface area contributed by atoms with Gasteiger partial charge in [-0.05, 0) is 70.9 Å². The minimum Gasteiger partial charge on any atom is -0.506 e. The molecule has 11 heteroatoms. The summed E-state index contributed by atoms with van der Waals surface area (Å²) in [6.45, 7) is 6.52. The minimum absolute atomic E-state index is 0.0000152. The van der Waals surface area contributed by atoms with Gasteiger partial charge in [-0.25, -0.2) is 4.39 Å². The van der Waals surface area contributed by atoms with Crippen molar-refractivity contribution in [1.29, 1.82) is 0 Å². The molecule has 10 nitrogen and oxygen atoms in total. The first-order valence-electron chi connectivity index (χ1n) is 11.0. The molecule has 0 aliphatic carbocycles. The van der Waals surface area contributed by atoms with E-state index in [2.05, 4.69) is 22.3 Å². The van der Waals surface area contributed by atoms with Crippen molar-refractivity contribution in [2.45, 2.75) is 25.8 Å². The Morgan fingerprint density at radius 3 is 2.42 bits per heavy atom. The van der Waals surface area contributed by atoms with Gasteiger partial charge >= 0.3 is 0 Å². The third kappa shape index (κ3) is 9.45. The molecule has 2 amide bonds. The molecule has 1 aliphatic rings. The van der Waals surface area contributed by atoms with E-state index >= 15 is 0 Å². The summed E-state index contributed by atoms with van der Waals surface area (Å²) in [4.78, 5) is 29.3. The van der Waals surface area contributed by atoms with Crippen LogP contribution in [0.3, 0.4) is 0 Å². The van der Waals surface area contributed by atoms with Crippen LogP contribution in [-0.2, 0) is 20.7 Å². The van der Waals surface area contributed by atoms with E-state index in [1.54, 1.807) is 32.1 Å². The van der Waals surface area contributed by atoms with Gasteiger partial charge in [-0.15, -0.1) is 0 Å². The highest BCUT2D eigenvalue weighted by molar-refractivity contribution is 5.92. The number of halogens is 1. The predicted molar refractivity (Wildman–Crippen MR) is 136 cm³/mol. The Labute approximate surface area is 210 Å². The van der Waals surface area contributed by atoms with E-state index in [1.165, 1.54) is 12.1 Å². The molecule has 0 atom stereocenters. The number of nitrogens with two attached hydrogens (primary N) is 1. The summed E-state index contributed by atoms with van der Waals surface area (Å²) in [7, 11) is 3.75. The molecule has 0 radical (unpaired) electrons. The van der Waals surface area contributed by atoms with Crippen molar-refractivity contribution in [3.05, 3.63) is 82.7 Å². The molecule has 2 rings (SSSR count). The third-order valence-electron chi connectivity index (χ3n) is 4.36. The van der Waals surface area contributed by atoms with Gasteiger partial charge < -0.3 is 31.3 Å². The maximum Gasteiger partial charge on any atom is 0.288 e. The molecule has 0 unspecified atom stereocenters. The molecule has 0 saturated heterocycles. The van der Waals surface area contributed by atoms with Crippen molar-refractivity contribution in [1.82, 2.24) is 15.5 Å². The fourth-order valence-electron chi connectivity index (χ4n) is 2.76. The van der Waals surface area contributed by atoms with Crippen molar-refractivity contribution in [2.24, 2.45) is 10.7 Å². The quantitative estimate of drug-likeness (QED) is 0.195. The van der Waals surface area contributed by atoms with E-state index in [9.17, 15) is 19.1 Å². The zero-order valence-electron chi connectivity index (χ0n) is 20.9. The van der Waals surface area contributed by atoms with Gasteiger partial charge in [0.25, 0.3) is 5.91 Å². The fourth-order valence-corrected chi connectivity index (χ4v) is 2.76. The van der Waals surface area contributed by atoms with Gasteiger partial charge in [-0.3, -0.25) is 19.5 Å². The summed E-state index contributed by atoms with van der Waals surface area (Å²) in [5.74, 6) is -1.64. The number of aliphatic hydroxyl groups excluding tert-OH is 2. The number of nitrogens with zero attached hydrogens (tertiary/aromatic N) is 2. The molecule has 1 aromatic rings. The number of aliphatic hydroxyl groups is 2. The van der Waals surface area contributed by atoms with Crippen LogP contribution in [0.15, 0.2) is 76.3 Å². The highest BCUT2D eigenvalue weighted by Gasteiger charge is 2.30. The Morgan fingerprint density at radius 1 is 1.31 bits per heavy atom. The topological polar surface area (TPSA) is 150 Å². The molecule has 196 valence electrons. The third-order valence-corrected chi connectivity index (χ3v) is 4.36. The van der Waals surface area contributed by atoms with Crippen LogP contribution in [0.1, 0.15) is 19.4 Å². The van der Waals surface area contributed by atoms with Crippen molar-refractivity contribution in [3.63, 3.8) is 0 Å². The average Bonchev–Trinajstić information content (AvgIpc) is 2.83. The number of nitrogens with one attached hydrogen (secondary N) is 2. The summed E-state index contributed by atoms with van der Waals surface area (Å²) >= 11 is 0. The summed E-state index contributed by atoms with van der Waals surface area (Å²) < 4.78 is 19.0.